The van der Waals surface area contributed by atoms with Crippen LogP contribution in [-0.2, 0) is 14.3 Å². The minimum absolute atomic E-state index is 0.0786. The van der Waals surface area contributed by atoms with Crippen LogP contribution in [0.5, 0.6) is 0 Å². The SMILES string of the molecule is CCCCOC(=O)c1ccc(NC(=O)COC(=O)c2oc3ccccc3c2C)cc1. The molecule has 0 atom stereocenters. The number of aryl methyl sites for hydroxylation is 1. The first-order valence-electron chi connectivity index (χ1n) is 9.72. The lowest BCUT2D eigenvalue weighted by Gasteiger charge is -2.07. The maximum absolute atomic E-state index is 12.3. The van der Waals surface area contributed by atoms with E-state index in [1.807, 2.05) is 25.1 Å². The van der Waals surface area contributed by atoms with E-state index >= 15 is 0 Å². The van der Waals surface area contributed by atoms with Gasteiger partial charge in [0.2, 0.25) is 5.76 Å². The topological polar surface area (TPSA) is 94.8 Å². The third-order valence-electron chi connectivity index (χ3n) is 4.50. The Balaban J connectivity index is 1.52. The van der Waals surface area contributed by atoms with Gasteiger partial charge in [-0.15, -0.1) is 0 Å². The minimum atomic E-state index is -0.705. The van der Waals surface area contributed by atoms with Gasteiger partial charge in [-0.3, -0.25) is 4.79 Å². The predicted molar refractivity (Wildman–Crippen MR) is 111 cm³/mol. The van der Waals surface area contributed by atoms with Gasteiger partial charge in [0.05, 0.1) is 12.2 Å². The number of furan rings is 1. The molecule has 0 saturated heterocycles. The quantitative estimate of drug-likeness (QED) is 0.435. The second-order valence-electron chi connectivity index (χ2n) is 6.74. The number of benzene rings is 2. The molecule has 7 nitrogen and oxygen atoms in total. The maximum atomic E-state index is 12.3. The second-order valence-corrected chi connectivity index (χ2v) is 6.74. The lowest BCUT2D eigenvalue weighted by atomic mass is 10.1. The van der Waals surface area contributed by atoms with Crippen molar-refractivity contribution in [3.63, 3.8) is 0 Å². The van der Waals surface area contributed by atoms with Gasteiger partial charge in [0.25, 0.3) is 5.91 Å². The van der Waals surface area contributed by atoms with E-state index in [2.05, 4.69) is 5.32 Å². The molecule has 2 aromatic carbocycles. The normalized spacial score (nSPS) is 10.6. The highest BCUT2D eigenvalue weighted by Gasteiger charge is 2.19. The van der Waals surface area contributed by atoms with Gasteiger partial charge in [-0.1, -0.05) is 31.5 Å². The number of carbonyl (C=O) groups is 3. The van der Waals surface area contributed by atoms with E-state index in [-0.39, 0.29) is 5.76 Å². The van der Waals surface area contributed by atoms with Crippen molar-refractivity contribution in [1.82, 2.24) is 0 Å². The second kappa shape index (κ2) is 9.73. The Bertz CT molecular complexity index is 1050. The molecule has 0 aliphatic rings. The summed E-state index contributed by atoms with van der Waals surface area (Å²) in [6.45, 7) is 3.69. The number of nitrogens with one attached hydrogen (secondary N) is 1. The summed E-state index contributed by atoms with van der Waals surface area (Å²) in [6.07, 6.45) is 1.75. The average molecular weight is 409 g/mol. The van der Waals surface area contributed by atoms with Gasteiger partial charge in [0, 0.05) is 16.6 Å². The van der Waals surface area contributed by atoms with Crippen molar-refractivity contribution >= 4 is 34.5 Å². The zero-order valence-electron chi connectivity index (χ0n) is 16.9. The molecule has 0 spiro atoms. The molecule has 156 valence electrons. The van der Waals surface area contributed by atoms with E-state index in [1.165, 1.54) is 0 Å². The summed E-state index contributed by atoms with van der Waals surface area (Å²) in [7, 11) is 0. The number of anilines is 1. The lowest BCUT2D eigenvalue weighted by Crippen LogP contribution is -2.21. The molecule has 0 saturated carbocycles. The fraction of sp³-hybridized carbons (Fsp3) is 0.261. The summed E-state index contributed by atoms with van der Waals surface area (Å²) in [6, 6.07) is 13.6. The summed E-state index contributed by atoms with van der Waals surface area (Å²) in [5, 5.41) is 3.43. The van der Waals surface area contributed by atoms with Crippen LogP contribution in [0.4, 0.5) is 5.69 Å². The number of ether oxygens (including phenoxy) is 2. The average Bonchev–Trinajstić information content (AvgIpc) is 3.09. The van der Waals surface area contributed by atoms with Crippen LogP contribution in [-0.4, -0.2) is 31.1 Å². The fourth-order valence-electron chi connectivity index (χ4n) is 2.84. The number of unbranched alkanes of at least 4 members (excludes halogenated alkanes) is 1. The first kappa shape index (κ1) is 21.1. The van der Waals surface area contributed by atoms with E-state index in [1.54, 1.807) is 37.3 Å². The van der Waals surface area contributed by atoms with Crippen molar-refractivity contribution in [1.29, 1.82) is 0 Å². The highest BCUT2D eigenvalue weighted by atomic mass is 16.5. The summed E-state index contributed by atoms with van der Waals surface area (Å²) >= 11 is 0. The van der Waals surface area contributed by atoms with E-state index in [4.69, 9.17) is 13.9 Å². The minimum Gasteiger partial charge on any atom is -0.462 e. The third-order valence-corrected chi connectivity index (χ3v) is 4.50. The zero-order chi connectivity index (χ0) is 21.5. The summed E-state index contributed by atoms with van der Waals surface area (Å²) < 4.78 is 15.7. The van der Waals surface area contributed by atoms with Crippen LogP contribution in [0.25, 0.3) is 11.0 Å². The summed E-state index contributed by atoms with van der Waals surface area (Å²) in [4.78, 5) is 36.2. The van der Waals surface area contributed by atoms with E-state index in [0.717, 1.165) is 18.2 Å². The van der Waals surface area contributed by atoms with Crippen molar-refractivity contribution in [3.8, 4) is 0 Å². The Hall–Kier alpha value is -3.61. The molecule has 0 radical (unpaired) electrons. The molecule has 0 fully saturated rings. The van der Waals surface area contributed by atoms with Gasteiger partial charge in [0.15, 0.2) is 6.61 Å². The van der Waals surface area contributed by atoms with Crippen molar-refractivity contribution < 1.29 is 28.3 Å². The van der Waals surface area contributed by atoms with Crippen LogP contribution in [0, 0.1) is 6.92 Å². The smallest absolute Gasteiger partial charge is 0.375 e. The molecule has 1 heterocycles. The molecular formula is C23H23NO6. The molecular weight excluding hydrogens is 386 g/mol. The predicted octanol–water partition coefficient (Wildman–Crippen LogP) is 4.49. The van der Waals surface area contributed by atoms with Crippen LogP contribution in [0.3, 0.4) is 0 Å². The molecule has 1 amide bonds. The Labute approximate surface area is 174 Å². The monoisotopic (exact) mass is 409 g/mol. The molecule has 3 aromatic rings. The number of hydrogen-bond acceptors (Lipinski definition) is 6. The lowest BCUT2D eigenvalue weighted by molar-refractivity contribution is -0.119. The molecule has 3 rings (SSSR count). The van der Waals surface area contributed by atoms with Crippen LogP contribution in [0.1, 0.15) is 46.2 Å². The number of carbonyl (C=O) groups excluding carboxylic acids is 3. The van der Waals surface area contributed by atoms with Crippen molar-refractivity contribution in [2.24, 2.45) is 0 Å². The molecule has 1 aromatic heterocycles. The highest BCUT2D eigenvalue weighted by molar-refractivity contribution is 5.98. The van der Waals surface area contributed by atoms with Crippen molar-refractivity contribution in [2.45, 2.75) is 26.7 Å². The van der Waals surface area contributed by atoms with Gasteiger partial charge in [0.1, 0.15) is 5.58 Å². The van der Waals surface area contributed by atoms with Gasteiger partial charge >= 0.3 is 11.9 Å². The van der Waals surface area contributed by atoms with E-state index < -0.39 is 24.5 Å². The zero-order valence-corrected chi connectivity index (χ0v) is 16.9. The molecule has 0 aliphatic carbocycles. The fourth-order valence-corrected chi connectivity index (χ4v) is 2.84. The molecule has 0 aliphatic heterocycles. The number of fused-ring (bicyclic) bond motifs is 1. The van der Waals surface area contributed by atoms with Gasteiger partial charge in [-0.05, 0) is 43.7 Å². The number of esters is 2. The first-order chi connectivity index (χ1) is 14.5. The number of rotatable bonds is 8. The Kier molecular flexibility index (Phi) is 6.85. The largest absolute Gasteiger partial charge is 0.462 e. The van der Waals surface area contributed by atoms with Gasteiger partial charge in [-0.25, -0.2) is 9.59 Å². The molecule has 7 heteroatoms. The van der Waals surface area contributed by atoms with Crippen LogP contribution in [0.15, 0.2) is 52.9 Å². The summed E-state index contributed by atoms with van der Waals surface area (Å²) in [5.74, 6) is -1.54. The number of hydrogen-bond donors (Lipinski definition) is 1. The summed E-state index contributed by atoms with van der Waals surface area (Å²) in [5.41, 5.74) is 2.12. The Morgan fingerprint density at radius 3 is 2.40 bits per heavy atom. The highest BCUT2D eigenvalue weighted by Crippen LogP contribution is 2.25. The van der Waals surface area contributed by atoms with Crippen LogP contribution < -0.4 is 5.32 Å². The standard InChI is InChI=1S/C23H23NO6/c1-3-4-13-28-22(26)16-9-11-17(12-10-16)24-20(25)14-29-23(27)21-15(2)18-7-5-6-8-19(18)30-21/h5-12H,3-4,13-14H2,1-2H3,(H,24,25). The number of amides is 1. The van der Waals surface area contributed by atoms with Gasteiger partial charge < -0.3 is 19.2 Å². The van der Waals surface area contributed by atoms with Crippen molar-refractivity contribution in [3.05, 3.63) is 65.4 Å². The Morgan fingerprint density at radius 1 is 0.967 bits per heavy atom. The van der Waals surface area contributed by atoms with Crippen LogP contribution in [0.2, 0.25) is 0 Å². The van der Waals surface area contributed by atoms with E-state index in [9.17, 15) is 14.4 Å². The molecule has 1 N–H and O–H groups in total. The molecule has 30 heavy (non-hydrogen) atoms. The maximum Gasteiger partial charge on any atom is 0.375 e. The van der Waals surface area contributed by atoms with Gasteiger partial charge in [-0.2, -0.15) is 0 Å². The van der Waals surface area contributed by atoms with Crippen LogP contribution >= 0.6 is 0 Å². The third kappa shape index (κ3) is 5.05. The first-order valence-corrected chi connectivity index (χ1v) is 9.72. The van der Waals surface area contributed by atoms with Crippen molar-refractivity contribution in [2.75, 3.05) is 18.5 Å². The molecule has 0 unspecified atom stereocenters. The molecule has 0 bridgehead atoms. The Morgan fingerprint density at radius 2 is 1.70 bits per heavy atom. The van der Waals surface area contributed by atoms with E-state index in [0.29, 0.717) is 29.0 Å². The number of para-hydroxylation sites is 1.